The number of rotatable bonds is 5. The zero-order valence-corrected chi connectivity index (χ0v) is 11.5. The van der Waals surface area contributed by atoms with Gasteiger partial charge < -0.3 is 20.8 Å². The second-order valence-electron chi connectivity index (χ2n) is 5.36. The van der Waals surface area contributed by atoms with Crippen molar-refractivity contribution in [2.24, 2.45) is 0 Å². The zero-order valence-electron chi connectivity index (χ0n) is 11.5. The summed E-state index contributed by atoms with van der Waals surface area (Å²) in [6.45, 7) is 8.61. The highest BCUT2D eigenvalue weighted by molar-refractivity contribution is 5.35. The highest BCUT2D eigenvalue weighted by Gasteiger charge is 2.29. The van der Waals surface area contributed by atoms with Gasteiger partial charge in [-0.2, -0.15) is 0 Å². The molecule has 1 aromatic heterocycles. The molecule has 0 amide bonds. The molecule has 0 radical (unpaired) electrons. The molecule has 1 rings (SSSR count). The van der Waals surface area contributed by atoms with Gasteiger partial charge in [0, 0.05) is 12.1 Å². The Morgan fingerprint density at radius 2 is 1.89 bits per heavy atom. The van der Waals surface area contributed by atoms with Gasteiger partial charge in [-0.1, -0.05) is 6.07 Å². The summed E-state index contributed by atoms with van der Waals surface area (Å²) in [5, 5.41) is 26.2. The van der Waals surface area contributed by atoms with Crippen LogP contribution in [0.4, 0.5) is 5.82 Å². The van der Waals surface area contributed by atoms with Crippen molar-refractivity contribution in [3.63, 3.8) is 0 Å². The molecule has 0 atom stereocenters. The maximum Gasteiger partial charge on any atom is 0.220 e. The SMILES string of the molecule is CCNc1cccc(C(O)(O)CNC(C)(C)C)n1. The van der Waals surface area contributed by atoms with Crippen LogP contribution in [0.5, 0.6) is 0 Å². The lowest BCUT2D eigenvalue weighted by molar-refractivity contribution is -0.170. The Labute approximate surface area is 108 Å². The lowest BCUT2D eigenvalue weighted by Crippen LogP contribution is -2.46. The quantitative estimate of drug-likeness (QED) is 0.590. The molecule has 0 saturated heterocycles. The molecule has 0 fully saturated rings. The van der Waals surface area contributed by atoms with E-state index in [0.717, 1.165) is 6.54 Å². The van der Waals surface area contributed by atoms with Crippen LogP contribution in [0.25, 0.3) is 0 Å². The second-order valence-corrected chi connectivity index (χ2v) is 5.36. The Hall–Kier alpha value is -1.17. The molecule has 0 aliphatic heterocycles. The van der Waals surface area contributed by atoms with Crippen LogP contribution >= 0.6 is 0 Å². The molecule has 0 aliphatic carbocycles. The van der Waals surface area contributed by atoms with Crippen molar-refractivity contribution >= 4 is 5.82 Å². The monoisotopic (exact) mass is 253 g/mol. The second kappa shape index (κ2) is 5.65. The lowest BCUT2D eigenvalue weighted by Gasteiger charge is -2.28. The topological polar surface area (TPSA) is 77.4 Å². The molecule has 0 saturated carbocycles. The molecular formula is C13H23N3O2. The highest BCUT2D eigenvalue weighted by Crippen LogP contribution is 2.17. The molecule has 102 valence electrons. The summed E-state index contributed by atoms with van der Waals surface area (Å²) in [4.78, 5) is 4.18. The third-order valence-electron chi connectivity index (χ3n) is 2.38. The maximum absolute atomic E-state index is 10.0. The minimum atomic E-state index is -1.97. The molecule has 1 aromatic rings. The van der Waals surface area contributed by atoms with E-state index in [-0.39, 0.29) is 17.8 Å². The van der Waals surface area contributed by atoms with Crippen molar-refractivity contribution in [1.82, 2.24) is 10.3 Å². The van der Waals surface area contributed by atoms with Crippen molar-refractivity contribution in [1.29, 1.82) is 0 Å². The molecule has 18 heavy (non-hydrogen) atoms. The van der Waals surface area contributed by atoms with Gasteiger partial charge in [-0.15, -0.1) is 0 Å². The highest BCUT2D eigenvalue weighted by atomic mass is 16.5. The van der Waals surface area contributed by atoms with E-state index in [2.05, 4.69) is 15.6 Å². The molecule has 0 unspecified atom stereocenters. The van der Waals surface area contributed by atoms with E-state index in [9.17, 15) is 10.2 Å². The standard InChI is InChI=1S/C13H23N3O2/c1-5-14-11-8-6-7-10(16-11)13(17,18)9-15-12(2,3)4/h6-8,15,17-18H,5,9H2,1-4H3,(H,14,16). The number of nitrogens with zero attached hydrogens (tertiary/aromatic N) is 1. The maximum atomic E-state index is 10.0. The van der Waals surface area contributed by atoms with Crippen LogP contribution in [0.1, 0.15) is 33.4 Å². The summed E-state index contributed by atoms with van der Waals surface area (Å²) < 4.78 is 0. The summed E-state index contributed by atoms with van der Waals surface area (Å²) in [6.07, 6.45) is 0. The van der Waals surface area contributed by atoms with Crippen LogP contribution in [0.3, 0.4) is 0 Å². The minimum absolute atomic E-state index is 0.0269. The number of aliphatic hydroxyl groups is 2. The van der Waals surface area contributed by atoms with Crippen LogP contribution in [-0.4, -0.2) is 33.8 Å². The number of anilines is 1. The van der Waals surface area contributed by atoms with Crippen LogP contribution < -0.4 is 10.6 Å². The first-order chi connectivity index (χ1) is 8.24. The predicted octanol–water partition coefficient (Wildman–Crippen LogP) is 1.04. The molecule has 4 N–H and O–H groups in total. The Morgan fingerprint density at radius 3 is 2.44 bits per heavy atom. The van der Waals surface area contributed by atoms with Crippen molar-refractivity contribution in [2.75, 3.05) is 18.4 Å². The van der Waals surface area contributed by atoms with Gasteiger partial charge in [0.2, 0.25) is 5.79 Å². The third kappa shape index (κ3) is 4.60. The van der Waals surface area contributed by atoms with Gasteiger partial charge >= 0.3 is 0 Å². The molecule has 5 heteroatoms. The van der Waals surface area contributed by atoms with E-state index in [4.69, 9.17) is 0 Å². The minimum Gasteiger partial charge on any atom is -0.370 e. The average Bonchev–Trinajstić information content (AvgIpc) is 2.27. The first-order valence-corrected chi connectivity index (χ1v) is 6.16. The van der Waals surface area contributed by atoms with Gasteiger partial charge in [-0.25, -0.2) is 4.98 Å². The largest absolute Gasteiger partial charge is 0.370 e. The fraction of sp³-hybridized carbons (Fsp3) is 0.615. The summed E-state index contributed by atoms with van der Waals surface area (Å²) in [5.41, 5.74) is 0.0494. The van der Waals surface area contributed by atoms with Gasteiger partial charge in [0.1, 0.15) is 11.5 Å². The number of hydrogen-bond acceptors (Lipinski definition) is 5. The summed E-state index contributed by atoms with van der Waals surface area (Å²) >= 11 is 0. The van der Waals surface area contributed by atoms with Gasteiger partial charge in [0.15, 0.2) is 0 Å². The van der Waals surface area contributed by atoms with Crippen molar-refractivity contribution < 1.29 is 10.2 Å². The summed E-state index contributed by atoms with van der Waals surface area (Å²) in [7, 11) is 0. The van der Waals surface area contributed by atoms with Crippen LogP contribution in [0.15, 0.2) is 18.2 Å². The van der Waals surface area contributed by atoms with E-state index in [1.807, 2.05) is 27.7 Å². The molecule has 1 heterocycles. The van der Waals surface area contributed by atoms with Crippen LogP contribution in [0, 0.1) is 0 Å². The van der Waals surface area contributed by atoms with E-state index < -0.39 is 5.79 Å². The number of pyridine rings is 1. The Bertz CT molecular complexity index is 386. The van der Waals surface area contributed by atoms with E-state index in [1.54, 1.807) is 18.2 Å². The van der Waals surface area contributed by atoms with Crippen LogP contribution in [0.2, 0.25) is 0 Å². The normalized spacial score (nSPS) is 12.6. The van der Waals surface area contributed by atoms with E-state index in [0.29, 0.717) is 5.82 Å². The Kier molecular flexibility index (Phi) is 4.67. The van der Waals surface area contributed by atoms with Crippen LogP contribution in [-0.2, 0) is 5.79 Å². The average molecular weight is 253 g/mol. The fourth-order valence-electron chi connectivity index (χ4n) is 1.42. The number of hydrogen-bond donors (Lipinski definition) is 4. The summed E-state index contributed by atoms with van der Waals surface area (Å²) in [6, 6.07) is 5.14. The fourth-order valence-corrected chi connectivity index (χ4v) is 1.42. The predicted molar refractivity (Wildman–Crippen MR) is 72.3 cm³/mol. The number of nitrogens with one attached hydrogen (secondary N) is 2. The number of aromatic nitrogens is 1. The molecular weight excluding hydrogens is 230 g/mol. The van der Waals surface area contributed by atoms with E-state index >= 15 is 0 Å². The number of β-amino-alcohol motifs (C(OH)–C–C–N with tert-alkyl or cyclic N) is 2. The first-order valence-electron chi connectivity index (χ1n) is 6.16. The molecule has 0 aliphatic rings. The molecule has 0 bridgehead atoms. The molecule has 0 aromatic carbocycles. The Morgan fingerprint density at radius 1 is 1.22 bits per heavy atom. The van der Waals surface area contributed by atoms with E-state index in [1.165, 1.54) is 0 Å². The first kappa shape index (κ1) is 14.9. The van der Waals surface area contributed by atoms with Gasteiger partial charge in [-0.3, -0.25) is 0 Å². The van der Waals surface area contributed by atoms with Crippen molar-refractivity contribution in [3.05, 3.63) is 23.9 Å². The smallest absolute Gasteiger partial charge is 0.220 e. The van der Waals surface area contributed by atoms with Gasteiger partial charge in [0.05, 0.1) is 6.54 Å². The zero-order chi connectivity index (χ0) is 13.8. The summed E-state index contributed by atoms with van der Waals surface area (Å²) in [5.74, 6) is -1.34. The molecule has 0 spiro atoms. The molecule has 5 nitrogen and oxygen atoms in total. The van der Waals surface area contributed by atoms with Crippen molar-refractivity contribution in [3.8, 4) is 0 Å². The van der Waals surface area contributed by atoms with Gasteiger partial charge in [-0.05, 0) is 39.8 Å². The van der Waals surface area contributed by atoms with Gasteiger partial charge in [0.25, 0.3) is 0 Å². The Balaban J connectivity index is 2.80. The lowest BCUT2D eigenvalue weighted by atomic mass is 10.1. The van der Waals surface area contributed by atoms with Crippen molar-refractivity contribution in [2.45, 2.75) is 39.0 Å². The third-order valence-corrected chi connectivity index (χ3v) is 2.38.